The van der Waals surface area contributed by atoms with Crippen molar-refractivity contribution in [3.05, 3.63) is 35.4 Å². The summed E-state index contributed by atoms with van der Waals surface area (Å²) in [5.74, 6) is -0.462. The zero-order chi connectivity index (χ0) is 16.8. The molecule has 3 amide bonds. The van der Waals surface area contributed by atoms with E-state index in [0.29, 0.717) is 5.56 Å². The highest BCUT2D eigenvalue weighted by molar-refractivity contribution is 7.88. The highest BCUT2D eigenvalue weighted by Crippen LogP contribution is 2.07. The van der Waals surface area contributed by atoms with E-state index in [1.54, 1.807) is 24.3 Å². The van der Waals surface area contributed by atoms with Crippen molar-refractivity contribution in [1.82, 2.24) is 15.4 Å². The number of primary amides is 1. The fourth-order valence-electron chi connectivity index (χ4n) is 1.67. The monoisotopic (exact) mass is 328 g/mol. The second-order valence-corrected chi connectivity index (χ2v) is 6.65. The van der Waals surface area contributed by atoms with E-state index in [4.69, 9.17) is 5.73 Å². The van der Waals surface area contributed by atoms with Gasteiger partial charge in [0.05, 0.1) is 5.75 Å². The minimum absolute atomic E-state index is 0.101. The Kier molecular flexibility index (Phi) is 6.32. The molecule has 0 radical (unpaired) electrons. The molecule has 1 aromatic rings. The average Bonchev–Trinajstić information content (AvgIpc) is 2.45. The molecule has 0 aliphatic rings. The van der Waals surface area contributed by atoms with Gasteiger partial charge in [0, 0.05) is 6.54 Å². The molecular formula is C13H20N4O4S. The molecule has 9 heteroatoms. The lowest BCUT2D eigenvalue weighted by molar-refractivity contribution is -0.122. The molecule has 0 aliphatic carbocycles. The predicted molar refractivity (Wildman–Crippen MR) is 82.2 cm³/mol. The molecule has 0 heterocycles. The van der Waals surface area contributed by atoms with Crippen molar-refractivity contribution >= 4 is 22.0 Å². The summed E-state index contributed by atoms with van der Waals surface area (Å²) >= 11 is 0. The zero-order valence-corrected chi connectivity index (χ0v) is 13.2. The number of nitrogens with one attached hydrogen (secondary N) is 3. The number of rotatable bonds is 7. The quantitative estimate of drug-likeness (QED) is 0.533. The van der Waals surface area contributed by atoms with Crippen LogP contribution in [0.1, 0.15) is 18.1 Å². The highest BCUT2D eigenvalue weighted by atomic mass is 32.2. The maximum Gasteiger partial charge on any atom is 0.312 e. The van der Waals surface area contributed by atoms with E-state index in [2.05, 4.69) is 15.4 Å². The fourth-order valence-corrected chi connectivity index (χ4v) is 2.44. The summed E-state index contributed by atoms with van der Waals surface area (Å²) in [4.78, 5) is 22.3. The van der Waals surface area contributed by atoms with Gasteiger partial charge in [0.1, 0.15) is 6.04 Å². The normalized spacial score (nSPS) is 12.5. The number of benzene rings is 1. The van der Waals surface area contributed by atoms with E-state index >= 15 is 0 Å². The Morgan fingerprint density at radius 2 is 1.73 bits per heavy atom. The van der Waals surface area contributed by atoms with Gasteiger partial charge in [0.2, 0.25) is 15.9 Å². The van der Waals surface area contributed by atoms with Gasteiger partial charge in [-0.15, -0.1) is 0 Å². The van der Waals surface area contributed by atoms with Gasteiger partial charge in [-0.25, -0.2) is 17.9 Å². The van der Waals surface area contributed by atoms with Crippen molar-refractivity contribution in [3.63, 3.8) is 0 Å². The zero-order valence-electron chi connectivity index (χ0n) is 12.4. The van der Waals surface area contributed by atoms with Crippen LogP contribution in [-0.2, 0) is 27.1 Å². The number of amides is 3. The van der Waals surface area contributed by atoms with Gasteiger partial charge in [-0.2, -0.15) is 0 Å². The lowest BCUT2D eigenvalue weighted by Crippen LogP contribution is -2.46. The molecule has 0 unspecified atom stereocenters. The fraction of sp³-hybridized carbons (Fsp3) is 0.385. The molecule has 0 aliphatic heterocycles. The minimum Gasteiger partial charge on any atom is -0.352 e. The SMILES string of the molecule is CNS(=O)(=O)Cc1ccc(CNC(=O)[C@H](C)NC(N)=O)cc1. The molecule has 5 N–H and O–H groups in total. The van der Waals surface area contributed by atoms with Crippen molar-refractivity contribution < 1.29 is 18.0 Å². The van der Waals surface area contributed by atoms with Crippen LogP contribution in [0.3, 0.4) is 0 Å². The maximum atomic E-state index is 11.7. The predicted octanol–water partition coefficient (Wildman–Crippen LogP) is -0.591. The van der Waals surface area contributed by atoms with Gasteiger partial charge in [0.15, 0.2) is 0 Å². The van der Waals surface area contributed by atoms with Crippen LogP contribution in [0.5, 0.6) is 0 Å². The molecule has 22 heavy (non-hydrogen) atoms. The highest BCUT2D eigenvalue weighted by Gasteiger charge is 2.13. The number of sulfonamides is 1. The Bertz CT molecular complexity index is 628. The summed E-state index contributed by atoms with van der Waals surface area (Å²) in [6.07, 6.45) is 0. The average molecular weight is 328 g/mol. The minimum atomic E-state index is -3.31. The summed E-state index contributed by atoms with van der Waals surface area (Å²) < 4.78 is 25.1. The summed E-state index contributed by atoms with van der Waals surface area (Å²) in [6, 6.07) is 5.33. The lowest BCUT2D eigenvalue weighted by Gasteiger charge is -2.12. The van der Waals surface area contributed by atoms with Crippen molar-refractivity contribution in [3.8, 4) is 0 Å². The van der Waals surface area contributed by atoms with E-state index in [9.17, 15) is 18.0 Å². The Morgan fingerprint density at radius 1 is 1.18 bits per heavy atom. The molecule has 1 rings (SSSR count). The smallest absolute Gasteiger partial charge is 0.312 e. The summed E-state index contributed by atoms with van der Waals surface area (Å²) in [6.45, 7) is 1.79. The Balaban J connectivity index is 2.55. The van der Waals surface area contributed by atoms with Crippen LogP contribution in [0, 0.1) is 0 Å². The van der Waals surface area contributed by atoms with Gasteiger partial charge in [0.25, 0.3) is 0 Å². The summed E-state index contributed by atoms with van der Waals surface area (Å²) in [5.41, 5.74) is 6.39. The van der Waals surface area contributed by atoms with Crippen LogP contribution in [0.15, 0.2) is 24.3 Å². The first-order chi connectivity index (χ1) is 10.2. The number of urea groups is 1. The van der Waals surface area contributed by atoms with Crippen LogP contribution in [-0.4, -0.2) is 33.4 Å². The molecule has 8 nitrogen and oxygen atoms in total. The number of carbonyl (C=O) groups excluding carboxylic acids is 2. The van der Waals surface area contributed by atoms with Crippen LogP contribution in [0.4, 0.5) is 4.79 Å². The van der Waals surface area contributed by atoms with Crippen molar-refractivity contribution in [2.75, 3.05) is 7.05 Å². The standard InChI is InChI=1S/C13H20N4O4S/c1-9(17-13(14)19)12(18)16-7-10-3-5-11(6-4-10)8-22(20,21)15-2/h3-6,9,15H,7-8H2,1-2H3,(H,16,18)(H3,14,17,19)/t9-/m0/s1. The third-order valence-corrected chi connectivity index (χ3v) is 4.24. The van der Waals surface area contributed by atoms with Crippen LogP contribution < -0.4 is 21.1 Å². The van der Waals surface area contributed by atoms with E-state index in [1.165, 1.54) is 14.0 Å². The van der Waals surface area contributed by atoms with Crippen LogP contribution in [0.2, 0.25) is 0 Å². The number of carbonyl (C=O) groups is 2. The molecule has 0 aromatic heterocycles. The van der Waals surface area contributed by atoms with E-state index < -0.39 is 22.1 Å². The third-order valence-electron chi connectivity index (χ3n) is 2.91. The Hall–Kier alpha value is -2.13. The molecule has 0 spiro atoms. The molecule has 0 saturated carbocycles. The van der Waals surface area contributed by atoms with Crippen LogP contribution in [0.25, 0.3) is 0 Å². The van der Waals surface area contributed by atoms with Crippen molar-refractivity contribution in [2.24, 2.45) is 5.73 Å². The van der Waals surface area contributed by atoms with Gasteiger partial charge < -0.3 is 16.4 Å². The van der Waals surface area contributed by atoms with Gasteiger partial charge >= 0.3 is 6.03 Å². The lowest BCUT2D eigenvalue weighted by atomic mass is 10.1. The largest absolute Gasteiger partial charge is 0.352 e. The first-order valence-corrected chi connectivity index (χ1v) is 8.21. The summed E-state index contributed by atoms with van der Waals surface area (Å²) in [7, 11) is -1.94. The molecule has 0 bridgehead atoms. The molecule has 0 saturated heterocycles. The Labute approximate surface area is 129 Å². The molecule has 1 atom stereocenters. The first kappa shape index (κ1) is 17.9. The van der Waals surface area contributed by atoms with Gasteiger partial charge in [-0.3, -0.25) is 4.79 Å². The molecule has 1 aromatic carbocycles. The first-order valence-electron chi connectivity index (χ1n) is 6.56. The number of hydrogen-bond acceptors (Lipinski definition) is 4. The van der Waals surface area contributed by atoms with Gasteiger partial charge in [-0.1, -0.05) is 24.3 Å². The number of hydrogen-bond donors (Lipinski definition) is 4. The topological polar surface area (TPSA) is 130 Å². The third kappa shape index (κ3) is 6.10. The molecule has 122 valence electrons. The number of nitrogens with two attached hydrogens (primary N) is 1. The Morgan fingerprint density at radius 3 is 2.23 bits per heavy atom. The van der Waals surface area contributed by atoms with E-state index in [1.807, 2.05) is 0 Å². The van der Waals surface area contributed by atoms with Crippen LogP contribution >= 0.6 is 0 Å². The molecule has 0 fully saturated rings. The maximum absolute atomic E-state index is 11.7. The van der Waals surface area contributed by atoms with Gasteiger partial charge in [-0.05, 0) is 25.1 Å². The second-order valence-electron chi connectivity index (χ2n) is 4.73. The summed E-state index contributed by atoms with van der Waals surface area (Å²) in [5, 5.41) is 4.92. The van der Waals surface area contributed by atoms with E-state index in [-0.39, 0.29) is 18.2 Å². The van der Waals surface area contributed by atoms with E-state index in [0.717, 1.165) is 5.56 Å². The second kappa shape index (κ2) is 7.76. The van der Waals surface area contributed by atoms with Crippen molar-refractivity contribution in [1.29, 1.82) is 0 Å². The van der Waals surface area contributed by atoms with Crippen molar-refractivity contribution in [2.45, 2.75) is 25.3 Å². The molecular weight excluding hydrogens is 308 g/mol.